The first-order valence-corrected chi connectivity index (χ1v) is 7.03. The lowest BCUT2D eigenvalue weighted by molar-refractivity contribution is 0.396. The molecule has 0 atom stereocenters. The molecule has 2 aromatic rings. The highest BCUT2D eigenvalue weighted by Gasteiger charge is 2.42. The maximum Gasteiger partial charge on any atom is 0.201 e. The number of nitrogens with two attached hydrogens (primary N) is 1. The summed E-state index contributed by atoms with van der Waals surface area (Å²) in [4.78, 5) is 4.23. The lowest BCUT2D eigenvalue weighted by Crippen LogP contribution is -2.13. The second kappa shape index (κ2) is 4.37. The molecule has 19 heavy (non-hydrogen) atoms. The van der Waals surface area contributed by atoms with Gasteiger partial charge in [0.1, 0.15) is 5.82 Å². The minimum Gasteiger partial charge on any atom is -0.369 e. The van der Waals surface area contributed by atoms with Crippen LogP contribution in [-0.4, -0.2) is 9.55 Å². The molecular formula is C14H17ClFN3. The average molecular weight is 282 g/mol. The molecule has 1 aromatic carbocycles. The summed E-state index contributed by atoms with van der Waals surface area (Å²) in [5.41, 5.74) is 7.73. The van der Waals surface area contributed by atoms with Crippen molar-refractivity contribution in [2.24, 2.45) is 5.41 Å². The number of nitrogen functional groups attached to an aromatic ring is 1. The van der Waals surface area contributed by atoms with Crippen LogP contribution in [0.4, 0.5) is 10.3 Å². The third-order valence-electron chi connectivity index (χ3n) is 4.05. The van der Waals surface area contributed by atoms with Crippen LogP contribution in [-0.2, 0) is 6.54 Å². The molecule has 102 valence electrons. The normalized spacial score (nSPS) is 17.0. The van der Waals surface area contributed by atoms with E-state index in [1.54, 1.807) is 6.07 Å². The van der Waals surface area contributed by atoms with Crippen LogP contribution in [0.3, 0.4) is 0 Å². The third-order valence-corrected chi connectivity index (χ3v) is 4.34. The molecule has 0 bridgehead atoms. The maximum absolute atomic E-state index is 13.4. The average Bonchev–Trinajstić information content (AvgIpc) is 3.05. The molecule has 0 amide bonds. The van der Waals surface area contributed by atoms with Gasteiger partial charge in [0.05, 0.1) is 16.1 Å². The van der Waals surface area contributed by atoms with Crippen LogP contribution in [0.5, 0.6) is 0 Å². The Morgan fingerprint density at radius 2 is 2.21 bits per heavy atom. The molecule has 1 fully saturated rings. The summed E-state index contributed by atoms with van der Waals surface area (Å²) < 4.78 is 15.4. The zero-order valence-corrected chi connectivity index (χ0v) is 11.7. The zero-order valence-electron chi connectivity index (χ0n) is 10.9. The van der Waals surface area contributed by atoms with Crippen molar-refractivity contribution in [3.8, 4) is 0 Å². The minimum absolute atomic E-state index is 0.119. The number of halogens is 2. The fourth-order valence-corrected chi connectivity index (χ4v) is 2.99. The number of anilines is 1. The summed E-state index contributed by atoms with van der Waals surface area (Å²) in [6, 6.07) is 2.97. The Labute approximate surface area is 116 Å². The van der Waals surface area contributed by atoms with E-state index >= 15 is 0 Å². The van der Waals surface area contributed by atoms with Crippen LogP contribution in [0.25, 0.3) is 11.0 Å². The molecular weight excluding hydrogens is 265 g/mol. The van der Waals surface area contributed by atoms with E-state index in [9.17, 15) is 4.39 Å². The van der Waals surface area contributed by atoms with Gasteiger partial charge < -0.3 is 10.3 Å². The largest absolute Gasteiger partial charge is 0.369 e. The molecule has 5 heteroatoms. The Morgan fingerprint density at radius 3 is 2.84 bits per heavy atom. The number of imidazole rings is 1. The van der Waals surface area contributed by atoms with Crippen LogP contribution < -0.4 is 5.73 Å². The highest BCUT2D eigenvalue weighted by Crippen LogP contribution is 2.51. The number of hydrogen-bond donors (Lipinski definition) is 1. The Balaban J connectivity index is 2.03. The van der Waals surface area contributed by atoms with Gasteiger partial charge in [0.15, 0.2) is 0 Å². The fourth-order valence-electron chi connectivity index (χ4n) is 2.83. The number of benzene rings is 1. The number of nitrogens with zero attached hydrogens (tertiary/aromatic N) is 2. The molecule has 3 nitrogen and oxygen atoms in total. The van der Waals surface area contributed by atoms with E-state index in [-0.39, 0.29) is 5.02 Å². The summed E-state index contributed by atoms with van der Waals surface area (Å²) in [6.07, 6.45) is 4.83. The molecule has 0 radical (unpaired) electrons. The standard InChI is InChI=1S/C14H17ClFN3/c1-2-3-14(4-5-14)8-19-12-6-9(15)10(16)7-11(12)18-13(19)17/h6-7H,2-5,8H2,1H3,(H2,17,18). The summed E-state index contributed by atoms with van der Waals surface area (Å²) in [5.74, 6) is -0.00689. The summed E-state index contributed by atoms with van der Waals surface area (Å²) in [5, 5.41) is 0.119. The summed E-state index contributed by atoms with van der Waals surface area (Å²) in [7, 11) is 0. The van der Waals surface area contributed by atoms with Crippen LogP contribution in [0.2, 0.25) is 5.02 Å². The molecule has 3 rings (SSSR count). The van der Waals surface area contributed by atoms with Gasteiger partial charge in [0.25, 0.3) is 0 Å². The van der Waals surface area contributed by atoms with E-state index in [1.165, 1.54) is 31.7 Å². The van der Waals surface area contributed by atoms with Crippen LogP contribution in [0.15, 0.2) is 12.1 Å². The number of aromatic nitrogens is 2. The van der Waals surface area contributed by atoms with Gasteiger partial charge in [0.2, 0.25) is 5.95 Å². The van der Waals surface area contributed by atoms with Crippen molar-refractivity contribution >= 4 is 28.6 Å². The first-order chi connectivity index (χ1) is 9.04. The molecule has 1 heterocycles. The van der Waals surface area contributed by atoms with Crippen LogP contribution in [0, 0.1) is 11.2 Å². The lowest BCUT2D eigenvalue weighted by atomic mass is 10.0. The number of fused-ring (bicyclic) bond motifs is 1. The quantitative estimate of drug-likeness (QED) is 0.921. The van der Waals surface area contributed by atoms with Crippen molar-refractivity contribution in [1.82, 2.24) is 9.55 Å². The molecule has 0 unspecified atom stereocenters. The van der Waals surface area contributed by atoms with Gasteiger partial charge in [-0.05, 0) is 30.7 Å². The van der Waals surface area contributed by atoms with Gasteiger partial charge in [-0.2, -0.15) is 0 Å². The molecule has 1 aliphatic rings. The molecule has 0 spiro atoms. The van der Waals surface area contributed by atoms with E-state index in [4.69, 9.17) is 17.3 Å². The Morgan fingerprint density at radius 1 is 1.47 bits per heavy atom. The monoisotopic (exact) mass is 281 g/mol. The van der Waals surface area contributed by atoms with E-state index in [0.717, 1.165) is 12.1 Å². The highest BCUT2D eigenvalue weighted by molar-refractivity contribution is 6.31. The minimum atomic E-state index is -0.450. The molecule has 0 aliphatic heterocycles. The van der Waals surface area contributed by atoms with Crippen molar-refractivity contribution in [3.05, 3.63) is 23.0 Å². The summed E-state index contributed by atoms with van der Waals surface area (Å²) >= 11 is 5.86. The second-order valence-electron chi connectivity index (χ2n) is 5.56. The maximum atomic E-state index is 13.4. The van der Waals surface area contributed by atoms with E-state index in [2.05, 4.69) is 11.9 Å². The molecule has 1 aromatic heterocycles. The zero-order chi connectivity index (χ0) is 13.6. The van der Waals surface area contributed by atoms with Crippen LogP contribution >= 0.6 is 11.6 Å². The Kier molecular flexibility index (Phi) is 2.93. The van der Waals surface area contributed by atoms with Gasteiger partial charge >= 0.3 is 0 Å². The van der Waals surface area contributed by atoms with Crippen LogP contribution in [0.1, 0.15) is 32.6 Å². The van der Waals surface area contributed by atoms with Gasteiger partial charge in [-0.15, -0.1) is 0 Å². The van der Waals surface area contributed by atoms with Gasteiger partial charge in [-0.25, -0.2) is 9.37 Å². The first kappa shape index (κ1) is 12.7. The Bertz CT molecular complexity index is 631. The van der Waals surface area contributed by atoms with Crippen molar-refractivity contribution in [1.29, 1.82) is 0 Å². The van der Waals surface area contributed by atoms with Gasteiger partial charge in [0, 0.05) is 12.6 Å². The predicted octanol–water partition coefficient (Wildman–Crippen LogP) is 3.99. The van der Waals surface area contributed by atoms with Crippen molar-refractivity contribution < 1.29 is 4.39 Å². The van der Waals surface area contributed by atoms with E-state index < -0.39 is 5.82 Å². The molecule has 1 aliphatic carbocycles. The predicted molar refractivity (Wildman–Crippen MR) is 75.7 cm³/mol. The summed E-state index contributed by atoms with van der Waals surface area (Å²) in [6.45, 7) is 3.05. The van der Waals surface area contributed by atoms with Gasteiger partial charge in [-0.3, -0.25) is 0 Å². The molecule has 2 N–H and O–H groups in total. The van der Waals surface area contributed by atoms with Crippen molar-refractivity contribution in [3.63, 3.8) is 0 Å². The third kappa shape index (κ3) is 2.18. The molecule has 0 saturated heterocycles. The smallest absolute Gasteiger partial charge is 0.201 e. The lowest BCUT2D eigenvalue weighted by Gasteiger charge is -2.16. The van der Waals surface area contributed by atoms with Crippen molar-refractivity contribution in [2.75, 3.05) is 5.73 Å². The van der Waals surface area contributed by atoms with Crippen molar-refractivity contribution in [2.45, 2.75) is 39.2 Å². The SMILES string of the molecule is CCCC1(Cn2c(N)nc3cc(F)c(Cl)cc32)CC1. The van der Waals surface area contributed by atoms with E-state index in [1.807, 2.05) is 4.57 Å². The first-order valence-electron chi connectivity index (χ1n) is 6.65. The second-order valence-corrected chi connectivity index (χ2v) is 5.97. The fraction of sp³-hybridized carbons (Fsp3) is 0.500. The Hall–Kier alpha value is -1.29. The van der Waals surface area contributed by atoms with Gasteiger partial charge in [-0.1, -0.05) is 24.9 Å². The molecule has 1 saturated carbocycles. The highest BCUT2D eigenvalue weighted by atomic mass is 35.5. The topological polar surface area (TPSA) is 43.8 Å². The number of hydrogen-bond acceptors (Lipinski definition) is 2. The number of rotatable bonds is 4. The van der Waals surface area contributed by atoms with E-state index in [0.29, 0.717) is 16.9 Å².